The summed E-state index contributed by atoms with van der Waals surface area (Å²) < 4.78 is 5.19. The number of carbonyl (C=O) groups excluding carboxylic acids is 1. The molecule has 0 saturated heterocycles. The lowest BCUT2D eigenvalue weighted by molar-refractivity contribution is -0.116. The molecule has 0 aliphatic carbocycles. The Labute approximate surface area is 152 Å². The van der Waals surface area contributed by atoms with E-state index in [9.17, 15) is 4.79 Å². The lowest BCUT2D eigenvalue weighted by atomic mass is 10.1. The summed E-state index contributed by atoms with van der Waals surface area (Å²) in [6, 6.07) is 13.1. The first-order chi connectivity index (χ1) is 11.6. The zero-order valence-electron chi connectivity index (χ0n) is 13.4. The number of halogens is 2. The second kappa shape index (κ2) is 9.52. The van der Waals surface area contributed by atoms with Crippen LogP contribution in [0, 0.1) is 0 Å². The van der Waals surface area contributed by atoms with Gasteiger partial charge in [0, 0.05) is 13.0 Å². The van der Waals surface area contributed by atoms with Crippen molar-refractivity contribution in [2.45, 2.75) is 12.8 Å². The van der Waals surface area contributed by atoms with E-state index in [0.717, 1.165) is 18.7 Å². The van der Waals surface area contributed by atoms with Crippen LogP contribution < -0.4 is 15.4 Å². The van der Waals surface area contributed by atoms with Crippen LogP contribution in [0.4, 0.5) is 5.69 Å². The van der Waals surface area contributed by atoms with Crippen molar-refractivity contribution in [3.63, 3.8) is 0 Å². The summed E-state index contributed by atoms with van der Waals surface area (Å²) in [6.45, 7) is 1.38. The molecule has 0 spiro atoms. The van der Waals surface area contributed by atoms with Crippen LogP contribution in [0.1, 0.15) is 12.0 Å². The third-order valence-electron chi connectivity index (χ3n) is 3.48. The zero-order valence-corrected chi connectivity index (χ0v) is 15.0. The molecule has 0 saturated carbocycles. The van der Waals surface area contributed by atoms with Crippen molar-refractivity contribution in [2.24, 2.45) is 0 Å². The molecule has 0 bridgehead atoms. The van der Waals surface area contributed by atoms with Crippen molar-refractivity contribution in [3.05, 3.63) is 58.1 Å². The van der Waals surface area contributed by atoms with Gasteiger partial charge in [0.25, 0.3) is 0 Å². The highest BCUT2D eigenvalue weighted by molar-refractivity contribution is 6.43. The van der Waals surface area contributed by atoms with Gasteiger partial charge in [-0.1, -0.05) is 41.4 Å². The second-order valence-electron chi connectivity index (χ2n) is 5.25. The summed E-state index contributed by atoms with van der Waals surface area (Å²) in [6.07, 6.45) is 1.24. The number of anilines is 1. The maximum Gasteiger partial charge on any atom is 0.225 e. The lowest BCUT2D eigenvalue weighted by Gasteiger charge is -2.09. The van der Waals surface area contributed by atoms with E-state index in [1.54, 1.807) is 25.3 Å². The molecule has 0 heterocycles. The van der Waals surface area contributed by atoms with Gasteiger partial charge in [-0.15, -0.1) is 0 Å². The van der Waals surface area contributed by atoms with Crippen LogP contribution in [-0.2, 0) is 11.2 Å². The molecule has 128 valence electrons. The number of methoxy groups -OCH3 is 1. The molecule has 0 unspecified atom stereocenters. The average Bonchev–Trinajstić information content (AvgIpc) is 2.59. The Balaban J connectivity index is 1.68. The molecule has 4 nitrogen and oxygen atoms in total. The van der Waals surface area contributed by atoms with E-state index in [0.29, 0.717) is 28.7 Å². The molecule has 2 rings (SSSR count). The Hall–Kier alpha value is -1.75. The Kier molecular flexibility index (Phi) is 7.37. The summed E-state index contributed by atoms with van der Waals surface area (Å²) in [7, 11) is 1.65. The van der Waals surface area contributed by atoms with Crippen LogP contribution in [0.2, 0.25) is 10.0 Å². The van der Waals surface area contributed by atoms with Gasteiger partial charge in [0.15, 0.2) is 0 Å². The quantitative estimate of drug-likeness (QED) is 0.689. The van der Waals surface area contributed by atoms with Gasteiger partial charge in [0.05, 0.1) is 22.8 Å². The largest absolute Gasteiger partial charge is 0.497 e. The summed E-state index contributed by atoms with van der Waals surface area (Å²) in [5.41, 5.74) is 1.72. The fraction of sp³-hybridized carbons (Fsp3) is 0.278. The topological polar surface area (TPSA) is 50.4 Å². The maximum atomic E-state index is 11.9. The first-order valence-corrected chi connectivity index (χ1v) is 8.43. The molecule has 0 radical (unpaired) electrons. The van der Waals surface area contributed by atoms with Gasteiger partial charge >= 0.3 is 0 Å². The number of rotatable bonds is 8. The average molecular weight is 367 g/mol. The van der Waals surface area contributed by atoms with Crippen LogP contribution in [0.5, 0.6) is 5.75 Å². The first kappa shape index (κ1) is 18.6. The highest BCUT2D eigenvalue weighted by Gasteiger charge is 2.07. The third kappa shape index (κ3) is 5.71. The lowest BCUT2D eigenvalue weighted by Crippen LogP contribution is -2.23. The standard InChI is InChI=1S/C18H20Cl2N2O2/c1-24-14-5-2-4-13(12-14)8-10-21-11-9-17(23)22-16-7-3-6-15(19)18(16)20/h2-7,12,21H,8-11H2,1H3,(H,22,23). The van der Waals surface area contributed by atoms with Crippen molar-refractivity contribution in [1.82, 2.24) is 5.32 Å². The molecule has 0 atom stereocenters. The molecule has 1 amide bonds. The first-order valence-electron chi connectivity index (χ1n) is 7.67. The van der Waals surface area contributed by atoms with E-state index in [4.69, 9.17) is 27.9 Å². The van der Waals surface area contributed by atoms with E-state index in [2.05, 4.69) is 16.7 Å². The minimum atomic E-state index is -0.104. The number of amides is 1. The van der Waals surface area contributed by atoms with Crippen molar-refractivity contribution >= 4 is 34.8 Å². The highest BCUT2D eigenvalue weighted by atomic mass is 35.5. The Bertz CT molecular complexity index is 692. The van der Waals surface area contributed by atoms with Crippen molar-refractivity contribution in [1.29, 1.82) is 0 Å². The van der Waals surface area contributed by atoms with E-state index >= 15 is 0 Å². The molecular weight excluding hydrogens is 347 g/mol. The number of hydrogen-bond donors (Lipinski definition) is 2. The molecule has 0 aromatic heterocycles. The number of nitrogens with one attached hydrogen (secondary N) is 2. The maximum absolute atomic E-state index is 11.9. The predicted molar refractivity (Wildman–Crippen MR) is 99.3 cm³/mol. The predicted octanol–water partition coefficient (Wildman–Crippen LogP) is 4.16. The van der Waals surface area contributed by atoms with Crippen LogP contribution in [0.3, 0.4) is 0 Å². The number of benzene rings is 2. The Morgan fingerprint density at radius 2 is 1.92 bits per heavy atom. The van der Waals surface area contributed by atoms with E-state index in [1.807, 2.05) is 18.2 Å². The fourth-order valence-corrected chi connectivity index (χ4v) is 2.55. The summed E-state index contributed by atoms with van der Waals surface area (Å²) in [5, 5.41) is 6.80. The van der Waals surface area contributed by atoms with Gasteiger partial charge in [-0.3, -0.25) is 4.79 Å². The molecule has 2 aromatic rings. The van der Waals surface area contributed by atoms with Crippen LogP contribution in [0.25, 0.3) is 0 Å². The van der Waals surface area contributed by atoms with Crippen molar-refractivity contribution < 1.29 is 9.53 Å². The minimum absolute atomic E-state index is 0.104. The van der Waals surface area contributed by atoms with Gasteiger partial charge in [0.2, 0.25) is 5.91 Å². The van der Waals surface area contributed by atoms with E-state index in [1.165, 1.54) is 5.56 Å². The zero-order chi connectivity index (χ0) is 17.4. The molecule has 0 fully saturated rings. The van der Waals surface area contributed by atoms with Gasteiger partial charge in [-0.2, -0.15) is 0 Å². The number of carbonyl (C=O) groups is 1. The van der Waals surface area contributed by atoms with E-state index in [-0.39, 0.29) is 5.91 Å². The van der Waals surface area contributed by atoms with Crippen LogP contribution >= 0.6 is 23.2 Å². The second-order valence-corrected chi connectivity index (χ2v) is 6.04. The highest BCUT2D eigenvalue weighted by Crippen LogP contribution is 2.29. The SMILES string of the molecule is COc1cccc(CCNCCC(=O)Nc2cccc(Cl)c2Cl)c1. The summed E-state index contributed by atoms with van der Waals surface area (Å²) in [5.74, 6) is 0.748. The fourth-order valence-electron chi connectivity index (χ4n) is 2.20. The van der Waals surface area contributed by atoms with Crippen molar-refractivity contribution in [2.75, 3.05) is 25.5 Å². The van der Waals surface area contributed by atoms with E-state index < -0.39 is 0 Å². The van der Waals surface area contributed by atoms with Gasteiger partial charge < -0.3 is 15.4 Å². The third-order valence-corrected chi connectivity index (χ3v) is 4.30. The molecule has 2 aromatic carbocycles. The van der Waals surface area contributed by atoms with Crippen LogP contribution in [-0.4, -0.2) is 26.1 Å². The smallest absolute Gasteiger partial charge is 0.225 e. The monoisotopic (exact) mass is 366 g/mol. The van der Waals surface area contributed by atoms with Gasteiger partial charge in [-0.25, -0.2) is 0 Å². The van der Waals surface area contributed by atoms with Crippen LogP contribution in [0.15, 0.2) is 42.5 Å². The molecular formula is C18H20Cl2N2O2. The Morgan fingerprint density at radius 1 is 1.12 bits per heavy atom. The molecule has 0 aliphatic rings. The number of ether oxygens (including phenoxy) is 1. The van der Waals surface area contributed by atoms with Crippen molar-refractivity contribution in [3.8, 4) is 5.75 Å². The van der Waals surface area contributed by atoms with Gasteiger partial charge in [-0.05, 0) is 42.8 Å². The van der Waals surface area contributed by atoms with Gasteiger partial charge in [0.1, 0.15) is 5.75 Å². The molecule has 24 heavy (non-hydrogen) atoms. The normalized spacial score (nSPS) is 10.5. The molecule has 0 aliphatic heterocycles. The minimum Gasteiger partial charge on any atom is -0.497 e. The summed E-state index contributed by atoms with van der Waals surface area (Å²) in [4.78, 5) is 11.9. The molecule has 2 N–H and O–H groups in total. The number of hydrogen-bond acceptors (Lipinski definition) is 3. The Morgan fingerprint density at radius 3 is 2.71 bits per heavy atom. The summed E-state index contributed by atoms with van der Waals surface area (Å²) >= 11 is 12.0. The molecule has 6 heteroatoms.